The highest BCUT2D eigenvalue weighted by Gasteiger charge is 2.23. The molecule has 0 saturated carbocycles. The second-order valence-electron chi connectivity index (χ2n) is 5.15. The van der Waals surface area contributed by atoms with Gasteiger partial charge < -0.3 is 4.74 Å². The molecular formula is C19H13F2OS+. The Kier molecular flexibility index (Phi) is 3.46. The van der Waals surface area contributed by atoms with Gasteiger partial charge in [-0.05, 0) is 36.4 Å². The van der Waals surface area contributed by atoms with E-state index in [0.29, 0.717) is 0 Å². The zero-order valence-corrected chi connectivity index (χ0v) is 12.9. The number of alkyl halides is 2. The van der Waals surface area contributed by atoms with E-state index in [1.807, 2.05) is 42.5 Å². The number of hydrogen-bond donors (Lipinski definition) is 0. The summed E-state index contributed by atoms with van der Waals surface area (Å²) in [6.45, 7) is -2.81. The van der Waals surface area contributed by atoms with Crippen LogP contribution in [-0.4, -0.2) is 6.61 Å². The fourth-order valence-electron chi connectivity index (χ4n) is 2.87. The molecule has 1 unspecified atom stereocenters. The fourth-order valence-corrected chi connectivity index (χ4v) is 5.25. The van der Waals surface area contributed by atoms with Crippen LogP contribution in [0.5, 0.6) is 5.75 Å². The Hall–Kier alpha value is -2.46. The van der Waals surface area contributed by atoms with Crippen LogP contribution in [0.4, 0.5) is 8.78 Å². The first-order valence-electron chi connectivity index (χ1n) is 7.21. The molecule has 1 nitrogen and oxygen atoms in total. The van der Waals surface area contributed by atoms with E-state index in [9.17, 15) is 8.78 Å². The van der Waals surface area contributed by atoms with Crippen LogP contribution in [0.3, 0.4) is 0 Å². The van der Waals surface area contributed by atoms with E-state index in [4.69, 9.17) is 0 Å². The molecule has 23 heavy (non-hydrogen) atoms. The summed E-state index contributed by atoms with van der Waals surface area (Å²) < 4.78 is 31.9. The van der Waals surface area contributed by atoms with Gasteiger partial charge in [-0.15, -0.1) is 0 Å². The van der Waals surface area contributed by atoms with Gasteiger partial charge in [0, 0.05) is 21.9 Å². The van der Waals surface area contributed by atoms with Crippen LogP contribution < -0.4 is 4.74 Å². The average molecular weight is 327 g/mol. The summed E-state index contributed by atoms with van der Waals surface area (Å²) in [6.07, 6.45) is 0. The smallest absolute Gasteiger partial charge is 0.387 e. The lowest BCUT2D eigenvalue weighted by Gasteiger charge is -2.02. The first-order valence-corrected chi connectivity index (χ1v) is 8.44. The maximum Gasteiger partial charge on any atom is 0.387 e. The standard InChI is InChI=1S/C19H13F2OS/c20-19(21)22-13-10-11-18-16(12-13)15-8-4-5-9-17(15)23(18)14-6-2-1-3-7-14/h1-12,19H/q+1. The number of benzene rings is 3. The minimum Gasteiger partial charge on any atom is -0.435 e. The van der Waals surface area contributed by atoms with Crippen molar-refractivity contribution in [3.8, 4) is 10.6 Å². The van der Waals surface area contributed by atoms with Gasteiger partial charge >= 0.3 is 6.61 Å². The van der Waals surface area contributed by atoms with E-state index in [1.165, 1.54) is 9.60 Å². The van der Waals surface area contributed by atoms with Gasteiger partial charge in [0.2, 0.25) is 0 Å². The van der Waals surface area contributed by atoms with Gasteiger partial charge in [0.05, 0.1) is 5.39 Å². The summed E-state index contributed by atoms with van der Waals surface area (Å²) >= 11 is 0. The van der Waals surface area contributed by atoms with Crippen molar-refractivity contribution in [2.24, 2.45) is 0 Å². The second kappa shape index (κ2) is 5.63. The number of hydrogen-bond acceptors (Lipinski definition) is 1. The number of rotatable bonds is 3. The molecule has 4 rings (SSSR count). The zero-order valence-electron chi connectivity index (χ0n) is 12.1. The van der Waals surface area contributed by atoms with Crippen molar-refractivity contribution < 1.29 is 13.5 Å². The third kappa shape index (κ3) is 2.45. The minimum absolute atomic E-state index is 0.201. The lowest BCUT2D eigenvalue weighted by atomic mass is 10.1. The van der Waals surface area contributed by atoms with Crippen LogP contribution in [0.1, 0.15) is 0 Å². The number of ether oxygens (including phenoxy) is 1. The molecule has 1 aromatic heterocycles. The monoisotopic (exact) mass is 327 g/mol. The normalized spacial score (nSPS) is 12.2. The molecule has 114 valence electrons. The SMILES string of the molecule is FC(F)Oc1ccc2c(c1)c1ccccc1[s+]2-c1ccccc1. The molecular weight excluding hydrogens is 314 g/mol. The maximum absolute atomic E-state index is 12.5. The zero-order chi connectivity index (χ0) is 15.8. The van der Waals surface area contributed by atoms with Gasteiger partial charge in [-0.3, -0.25) is 0 Å². The predicted octanol–water partition coefficient (Wildman–Crippen LogP) is 6.33. The summed E-state index contributed by atoms with van der Waals surface area (Å²) in [5.74, 6) is 0.201. The highest BCUT2D eigenvalue weighted by atomic mass is 32.2. The van der Waals surface area contributed by atoms with Gasteiger partial charge in [0.25, 0.3) is 0 Å². The Balaban J connectivity index is 2.05. The molecule has 0 aliphatic heterocycles. The molecule has 1 heterocycles. The van der Waals surface area contributed by atoms with E-state index in [1.54, 1.807) is 12.1 Å². The predicted molar refractivity (Wildman–Crippen MR) is 91.9 cm³/mol. The molecule has 0 saturated heterocycles. The molecule has 0 amide bonds. The van der Waals surface area contributed by atoms with Gasteiger partial charge in [0.1, 0.15) is 5.75 Å². The van der Waals surface area contributed by atoms with Crippen molar-refractivity contribution in [1.29, 1.82) is 0 Å². The van der Waals surface area contributed by atoms with E-state index in [2.05, 4.69) is 22.9 Å². The first-order chi connectivity index (χ1) is 11.2. The Labute approximate surface area is 134 Å². The third-order valence-electron chi connectivity index (χ3n) is 3.77. The molecule has 0 bridgehead atoms. The van der Waals surface area contributed by atoms with Crippen LogP contribution >= 0.6 is 10.5 Å². The minimum atomic E-state index is -2.81. The Morgan fingerprint density at radius 1 is 0.739 bits per heavy atom. The van der Waals surface area contributed by atoms with Crippen LogP contribution in [0.15, 0.2) is 72.8 Å². The van der Waals surface area contributed by atoms with E-state index < -0.39 is 6.61 Å². The lowest BCUT2D eigenvalue weighted by Crippen LogP contribution is -2.01. The summed E-state index contributed by atoms with van der Waals surface area (Å²) in [4.78, 5) is 1.22. The third-order valence-corrected chi connectivity index (χ3v) is 6.11. The topological polar surface area (TPSA) is 9.23 Å². The summed E-state index contributed by atoms with van der Waals surface area (Å²) in [5, 5.41) is 2.07. The van der Waals surface area contributed by atoms with Crippen molar-refractivity contribution >= 4 is 30.6 Å². The van der Waals surface area contributed by atoms with E-state index in [-0.39, 0.29) is 16.2 Å². The summed E-state index contributed by atoms with van der Waals surface area (Å²) in [7, 11) is -0.205. The summed E-state index contributed by atoms with van der Waals surface area (Å²) in [6, 6.07) is 23.7. The van der Waals surface area contributed by atoms with E-state index in [0.717, 1.165) is 15.5 Å². The lowest BCUT2D eigenvalue weighted by molar-refractivity contribution is -0.0497. The van der Waals surface area contributed by atoms with Crippen LogP contribution in [0.2, 0.25) is 0 Å². The average Bonchev–Trinajstić information content (AvgIpc) is 2.89. The summed E-state index contributed by atoms with van der Waals surface area (Å²) in [5.41, 5.74) is 0. The highest BCUT2D eigenvalue weighted by Crippen LogP contribution is 2.48. The largest absolute Gasteiger partial charge is 0.435 e. The molecule has 0 aliphatic carbocycles. The second-order valence-corrected chi connectivity index (χ2v) is 7.12. The molecule has 4 heteroatoms. The molecule has 0 spiro atoms. The van der Waals surface area contributed by atoms with Crippen molar-refractivity contribution in [1.82, 2.24) is 0 Å². The Morgan fingerprint density at radius 3 is 2.22 bits per heavy atom. The van der Waals surface area contributed by atoms with Crippen molar-refractivity contribution in [2.45, 2.75) is 6.61 Å². The van der Waals surface area contributed by atoms with E-state index >= 15 is 0 Å². The van der Waals surface area contributed by atoms with Crippen LogP contribution in [-0.2, 0) is 0 Å². The van der Waals surface area contributed by atoms with Crippen molar-refractivity contribution in [2.75, 3.05) is 0 Å². The molecule has 0 aliphatic rings. The van der Waals surface area contributed by atoms with Crippen LogP contribution in [0, 0.1) is 0 Å². The molecule has 0 radical (unpaired) electrons. The Bertz CT molecular complexity index is 977. The fraction of sp³-hybridized carbons (Fsp3) is 0.0526. The number of halogens is 2. The molecule has 4 aromatic rings. The van der Waals surface area contributed by atoms with Crippen LogP contribution in [0.25, 0.3) is 25.1 Å². The van der Waals surface area contributed by atoms with Crippen molar-refractivity contribution in [3.63, 3.8) is 0 Å². The van der Waals surface area contributed by atoms with Gasteiger partial charge in [-0.1, -0.05) is 30.3 Å². The number of fused-ring (bicyclic) bond motifs is 3. The van der Waals surface area contributed by atoms with Gasteiger partial charge in [-0.2, -0.15) is 8.78 Å². The van der Waals surface area contributed by atoms with Gasteiger partial charge in [0.15, 0.2) is 14.3 Å². The van der Waals surface area contributed by atoms with Gasteiger partial charge in [-0.25, -0.2) is 0 Å². The molecule has 3 aromatic carbocycles. The maximum atomic E-state index is 12.5. The first kappa shape index (κ1) is 14.2. The highest BCUT2D eigenvalue weighted by molar-refractivity contribution is 7.50. The molecule has 0 N–H and O–H groups in total. The molecule has 1 atom stereocenters. The van der Waals surface area contributed by atoms with Crippen molar-refractivity contribution in [3.05, 3.63) is 72.8 Å². The molecule has 0 fully saturated rings. The quantitative estimate of drug-likeness (QED) is 0.399. The Morgan fingerprint density at radius 2 is 1.43 bits per heavy atom. The number of thiophene rings is 1.